The normalized spacial score (nSPS) is 12.7. The molecule has 114 valence electrons. The standard InChI is InChI=1S/C12H18F2N2O3S/c1-12(2,19-3)7-16-20(17,18)10-5-8(6-15)4-9(13)11(10)14/h4-5,16H,6-7,15H2,1-3H3. The van der Waals surface area contributed by atoms with Crippen molar-refractivity contribution in [2.75, 3.05) is 13.7 Å². The number of benzene rings is 1. The van der Waals surface area contributed by atoms with E-state index in [0.29, 0.717) is 0 Å². The smallest absolute Gasteiger partial charge is 0.243 e. The molecule has 1 aromatic carbocycles. The summed E-state index contributed by atoms with van der Waals surface area (Å²) in [5.74, 6) is -2.68. The fourth-order valence-corrected chi connectivity index (χ4v) is 2.68. The highest BCUT2D eigenvalue weighted by Gasteiger charge is 2.26. The zero-order valence-electron chi connectivity index (χ0n) is 11.5. The third-order valence-electron chi connectivity index (χ3n) is 2.82. The Kier molecular flexibility index (Phi) is 5.20. The van der Waals surface area contributed by atoms with Crippen molar-refractivity contribution in [1.29, 1.82) is 0 Å². The number of halogens is 2. The maximum Gasteiger partial charge on any atom is 0.243 e. The van der Waals surface area contributed by atoms with Crippen molar-refractivity contribution in [1.82, 2.24) is 4.72 Å². The average molecular weight is 308 g/mol. The van der Waals surface area contributed by atoms with Crippen LogP contribution in [0.3, 0.4) is 0 Å². The second-order valence-corrected chi connectivity index (χ2v) is 6.62. The third kappa shape index (κ3) is 3.95. The van der Waals surface area contributed by atoms with Gasteiger partial charge in [0.25, 0.3) is 0 Å². The minimum absolute atomic E-state index is 0.0836. The zero-order chi connectivity index (χ0) is 15.6. The molecule has 0 fully saturated rings. The fourth-order valence-electron chi connectivity index (χ4n) is 1.35. The highest BCUT2D eigenvalue weighted by molar-refractivity contribution is 7.89. The van der Waals surface area contributed by atoms with Gasteiger partial charge in [-0.1, -0.05) is 0 Å². The molecule has 0 saturated carbocycles. The van der Waals surface area contributed by atoms with Gasteiger partial charge in [-0.25, -0.2) is 21.9 Å². The predicted molar refractivity (Wildman–Crippen MR) is 70.5 cm³/mol. The number of methoxy groups -OCH3 is 1. The van der Waals surface area contributed by atoms with E-state index in [-0.39, 0.29) is 18.7 Å². The second-order valence-electron chi connectivity index (χ2n) is 4.88. The molecule has 0 bridgehead atoms. The molecular weight excluding hydrogens is 290 g/mol. The first-order valence-electron chi connectivity index (χ1n) is 5.86. The average Bonchev–Trinajstić information content (AvgIpc) is 2.39. The van der Waals surface area contributed by atoms with E-state index >= 15 is 0 Å². The van der Waals surface area contributed by atoms with Crippen molar-refractivity contribution < 1.29 is 21.9 Å². The maximum absolute atomic E-state index is 13.6. The molecule has 8 heteroatoms. The van der Waals surface area contributed by atoms with Gasteiger partial charge in [0.1, 0.15) is 4.90 Å². The molecule has 0 aliphatic heterocycles. The van der Waals surface area contributed by atoms with Crippen molar-refractivity contribution >= 4 is 10.0 Å². The Morgan fingerprint density at radius 3 is 2.45 bits per heavy atom. The van der Waals surface area contributed by atoms with Crippen LogP contribution in [-0.2, 0) is 21.3 Å². The van der Waals surface area contributed by atoms with Crippen LogP contribution in [0.15, 0.2) is 17.0 Å². The Morgan fingerprint density at radius 1 is 1.35 bits per heavy atom. The molecule has 0 aliphatic rings. The quantitative estimate of drug-likeness (QED) is 0.825. The van der Waals surface area contributed by atoms with Gasteiger partial charge in [0.15, 0.2) is 11.6 Å². The molecule has 0 saturated heterocycles. The van der Waals surface area contributed by atoms with Crippen LogP contribution in [-0.4, -0.2) is 27.7 Å². The second kappa shape index (κ2) is 6.13. The van der Waals surface area contributed by atoms with Crippen LogP contribution in [0.5, 0.6) is 0 Å². The van der Waals surface area contributed by atoms with Gasteiger partial charge < -0.3 is 10.5 Å². The van der Waals surface area contributed by atoms with Gasteiger partial charge in [-0.3, -0.25) is 0 Å². The lowest BCUT2D eigenvalue weighted by Gasteiger charge is -2.23. The van der Waals surface area contributed by atoms with E-state index in [9.17, 15) is 17.2 Å². The van der Waals surface area contributed by atoms with Crippen LogP contribution in [0.25, 0.3) is 0 Å². The highest BCUT2D eigenvalue weighted by Crippen LogP contribution is 2.20. The largest absolute Gasteiger partial charge is 0.377 e. The summed E-state index contributed by atoms with van der Waals surface area (Å²) in [6, 6.07) is 1.88. The Bertz CT molecular complexity index is 589. The molecule has 1 rings (SSSR count). The maximum atomic E-state index is 13.6. The summed E-state index contributed by atoms with van der Waals surface area (Å²) in [6.45, 7) is 3.13. The number of hydrogen-bond acceptors (Lipinski definition) is 4. The monoisotopic (exact) mass is 308 g/mol. The molecule has 0 heterocycles. The molecule has 20 heavy (non-hydrogen) atoms. The number of nitrogens with two attached hydrogens (primary N) is 1. The van der Waals surface area contributed by atoms with Gasteiger partial charge in [0, 0.05) is 20.2 Å². The molecule has 0 spiro atoms. The van der Waals surface area contributed by atoms with Gasteiger partial charge in [0.05, 0.1) is 5.60 Å². The number of hydrogen-bond donors (Lipinski definition) is 2. The molecule has 1 aromatic rings. The summed E-state index contributed by atoms with van der Waals surface area (Å²) in [7, 11) is -2.77. The van der Waals surface area contributed by atoms with Crippen LogP contribution < -0.4 is 10.5 Å². The first kappa shape index (κ1) is 17.0. The number of nitrogens with one attached hydrogen (secondary N) is 1. The molecule has 0 aliphatic carbocycles. The van der Waals surface area contributed by atoms with Gasteiger partial charge in [-0.05, 0) is 31.5 Å². The third-order valence-corrected chi connectivity index (χ3v) is 4.22. The van der Waals surface area contributed by atoms with Gasteiger partial charge in [-0.15, -0.1) is 0 Å². The summed E-state index contributed by atoms with van der Waals surface area (Å²) in [5, 5.41) is 0. The number of ether oxygens (including phenoxy) is 1. The van der Waals surface area contributed by atoms with E-state index in [1.165, 1.54) is 7.11 Å². The van der Waals surface area contributed by atoms with Crippen molar-refractivity contribution in [3.63, 3.8) is 0 Å². The van der Waals surface area contributed by atoms with Crippen LogP contribution in [0.1, 0.15) is 19.4 Å². The molecule has 3 N–H and O–H groups in total. The van der Waals surface area contributed by atoms with Crippen molar-refractivity contribution in [2.45, 2.75) is 30.9 Å². The van der Waals surface area contributed by atoms with E-state index in [1.54, 1.807) is 13.8 Å². The lowest BCUT2D eigenvalue weighted by atomic mass is 10.1. The Balaban J connectivity index is 3.13. The van der Waals surface area contributed by atoms with Gasteiger partial charge >= 0.3 is 0 Å². The van der Waals surface area contributed by atoms with Crippen LogP contribution in [0.4, 0.5) is 8.78 Å². The summed E-state index contributed by atoms with van der Waals surface area (Å²) in [6.07, 6.45) is 0. The SMILES string of the molecule is COC(C)(C)CNS(=O)(=O)c1cc(CN)cc(F)c1F. The lowest BCUT2D eigenvalue weighted by molar-refractivity contribution is 0.0276. The predicted octanol–water partition coefficient (Wildman–Crippen LogP) is 1.13. The summed E-state index contributed by atoms with van der Waals surface area (Å²) >= 11 is 0. The topological polar surface area (TPSA) is 81.4 Å². The van der Waals surface area contributed by atoms with Crippen molar-refractivity contribution in [3.8, 4) is 0 Å². The van der Waals surface area contributed by atoms with E-state index in [2.05, 4.69) is 4.72 Å². The van der Waals surface area contributed by atoms with Gasteiger partial charge in [0.2, 0.25) is 10.0 Å². The Hall–Kier alpha value is -1.09. The van der Waals surface area contributed by atoms with E-state index in [0.717, 1.165) is 12.1 Å². The molecule has 0 aromatic heterocycles. The lowest BCUT2D eigenvalue weighted by Crippen LogP contribution is -2.40. The minimum Gasteiger partial charge on any atom is -0.377 e. The molecule has 0 radical (unpaired) electrons. The zero-order valence-corrected chi connectivity index (χ0v) is 12.4. The number of sulfonamides is 1. The van der Waals surface area contributed by atoms with Gasteiger partial charge in [-0.2, -0.15) is 0 Å². The molecule has 0 atom stereocenters. The van der Waals surface area contributed by atoms with Crippen LogP contribution in [0.2, 0.25) is 0 Å². The Morgan fingerprint density at radius 2 is 1.95 bits per heavy atom. The molecule has 0 amide bonds. The summed E-state index contributed by atoms with van der Waals surface area (Å²) < 4.78 is 58.3. The fraction of sp³-hybridized carbons (Fsp3) is 0.500. The molecule has 5 nitrogen and oxygen atoms in total. The Labute approximate surface area is 117 Å². The molecular formula is C12H18F2N2O3S. The summed E-state index contributed by atoms with van der Waals surface area (Å²) in [5.41, 5.74) is 4.74. The highest BCUT2D eigenvalue weighted by atomic mass is 32.2. The van der Waals surface area contributed by atoms with E-state index < -0.39 is 32.2 Å². The van der Waals surface area contributed by atoms with Crippen molar-refractivity contribution in [3.05, 3.63) is 29.3 Å². The minimum atomic E-state index is -4.19. The summed E-state index contributed by atoms with van der Waals surface area (Å²) in [4.78, 5) is -0.759. The van der Waals surface area contributed by atoms with Crippen molar-refractivity contribution in [2.24, 2.45) is 5.73 Å². The first-order chi connectivity index (χ1) is 9.13. The van der Waals surface area contributed by atoms with E-state index in [1.807, 2.05) is 0 Å². The van der Waals surface area contributed by atoms with Crippen LogP contribution in [0, 0.1) is 11.6 Å². The molecule has 0 unspecified atom stereocenters. The van der Waals surface area contributed by atoms with Crippen LogP contribution >= 0.6 is 0 Å². The first-order valence-corrected chi connectivity index (χ1v) is 7.34. The van der Waals surface area contributed by atoms with E-state index in [4.69, 9.17) is 10.5 Å². The number of rotatable bonds is 6.